The lowest BCUT2D eigenvalue weighted by Crippen LogP contribution is -2.46. The van der Waals surface area contributed by atoms with Crippen LogP contribution in [0.2, 0.25) is 0 Å². The van der Waals surface area contributed by atoms with E-state index in [1.165, 1.54) is 20.8 Å². The van der Waals surface area contributed by atoms with E-state index >= 15 is 0 Å². The molecule has 0 aromatic carbocycles. The van der Waals surface area contributed by atoms with Crippen molar-refractivity contribution in [2.75, 3.05) is 44.3 Å². The summed E-state index contributed by atoms with van der Waals surface area (Å²) in [5, 5.41) is 30.9. The van der Waals surface area contributed by atoms with Crippen LogP contribution in [0.25, 0.3) is 11.2 Å². The molecule has 14 N–H and O–H groups in total. The molecule has 0 spiro atoms. The molecule has 5 amide bonds. The molecule has 350 valence electrons. The summed E-state index contributed by atoms with van der Waals surface area (Å²) in [4.78, 5) is 111. The minimum Gasteiger partial charge on any atom is -0.386 e. The molecule has 8 unspecified atom stereocenters. The number of aromatic nitrogens is 4. The summed E-state index contributed by atoms with van der Waals surface area (Å²) in [5.41, 5.74) is 9.18. The summed E-state index contributed by atoms with van der Waals surface area (Å²) in [7, 11) is -16.5. The van der Waals surface area contributed by atoms with Crippen LogP contribution < -0.4 is 32.7 Å². The minimum absolute atomic E-state index is 0.0153. The number of carbonyl (C=O) groups is 5. The second kappa shape index (κ2) is 22.8. The number of nitrogen functional groups attached to an aromatic ring is 1. The number of nitrogens with zero attached hydrogens (tertiary/aromatic N) is 4. The van der Waals surface area contributed by atoms with Gasteiger partial charge in [0.2, 0.25) is 22.8 Å². The summed E-state index contributed by atoms with van der Waals surface area (Å²) in [5.74, 6) is -1.91. The number of nitrogens with one attached hydrogen (secondary N) is 4. The average molecular weight is 967 g/mol. The number of aliphatic hydroxyl groups excluding tert-OH is 2. The number of hydrogen-bond acceptors (Lipinski definition) is 20. The number of ether oxygens (including phenoxy) is 1. The van der Waals surface area contributed by atoms with Gasteiger partial charge >= 0.3 is 29.5 Å². The van der Waals surface area contributed by atoms with Crippen LogP contribution in [0, 0.1) is 5.41 Å². The number of primary amides is 1. The second-order valence-electron chi connectivity index (χ2n) is 13.9. The Morgan fingerprint density at radius 1 is 1.00 bits per heavy atom. The summed E-state index contributed by atoms with van der Waals surface area (Å²) < 4.78 is 62.2. The van der Waals surface area contributed by atoms with Gasteiger partial charge in [-0.1, -0.05) is 25.6 Å². The molecule has 8 atom stereocenters. The van der Waals surface area contributed by atoms with Crippen LogP contribution in [0.15, 0.2) is 12.7 Å². The maximum Gasteiger partial charge on any atom is 0.481 e. The number of phosphoric ester groups is 3. The first-order valence-electron chi connectivity index (χ1n) is 18.1. The summed E-state index contributed by atoms with van der Waals surface area (Å²) in [6, 6.07) is -1.56. The number of phosphoric acid groups is 3. The van der Waals surface area contributed by atoms with Gasteiger partial charge in [-0.15, -0.1) is 0 Å². The molecule has 2 aromatic rings. The van der Waals surface area contributed by atoms with Crippen molar-refractivity contribution in [2.45, 2.75) is 76.7 Å². The lowest BCUT2D eigenvalue weighted by Gasteiger charge is -2.30. The lowest BCUT2D eigenvalue weighted by molar-refractivity contribution is -0.137. The highest BCUT2D eigenvalue weighted by Gasteiger charge is 2.50. The van der Waals surface area contributed by atoms with E-state index in [0.717, 1.165) is 29.0 Å². The molecule has 3 heterocycles. The zero-order valence-corrected chi connectivity index (χ0v) is 36.7. The number of amides is 5. The molecule has 3 rings (SSSR count). The molecular formula is C29H49N10O19P3S. The van der Waals surface area contributed by atoms with Crippen LogP contribution in [0.1, 0.15) is 46.3 Å². The van der Waals surface area contributed by atoms with Gasteiger partial charge in [0, 0.05) is 44.1 Å². The largest absolute Gasteiger partial charge is 0.481 e. The molecule has 2 aromatic heterocycles. The Bertz CT molecular complexity index is 2060. The number of fused-ring (bicyclic) bond motifs is 1. The Morgan fingerprint density at radius 2 is 1.68 bits per heavy atom. The molecule has 0 bridgehead atoms. The number of imidazole rings is 1. The van der Waals surface area contributed by atoms with Crippen LogP contribution >= 0.6 is 35.2 Å². The van der Waals surface area contributed by atoms with Gasteiger partial charge in [-0.2, -0.15) is 4.31 Å². The fourth-order valence-electron chi connectivity index (χ4n) is 5.39. The number of hydrogen-bond donors (Lipinski definition) is 12. The van der Waals surface area contributed by atoms with Gasteiger partial charge in [0.15, 0.2) is 17.7 Å². The number of urea groups is 1. The highest BCUT2D eigenvalue weighted by atomic mass is 32.2. The van der Waals surface area contributed by atoms with Crippen molar-refractivity contribution >= 4 is 81.1 Å². The molecule has 62 heavy (non-hydrogen) atoms. The normalized spacial score (nSPS) is 21.0. The van der Waals surface area contributed by atoms with Crippen molar-refractivity contribution < 1.29 is 90.1 Å². The molecule has 33 heteroatoms. The van der Waals surface area contributed by atoms with Gasteiger partial charge in [-0.3, -0.25) is 37.3 Å². The van der Waals surface area contributed by atoms with E-state index < -0.39 is 103 Å². The number of rotatable bonds is 25. The van der Waals surface area contributed by atoms with Crippen molar-refractivity contribution in [1.82, 2.24) is 40.8 Å². The van der Waals surface area contributed by atoms with Gasteiger partial charge in [0.25, 0.3) is 0 Å². The number of nitrogens with two attached hydrogens (primary N) is 2. The Labute approximate surface area is 356 Å². The first kappa shape index (κ1) is 52.6. The van der Waals surface area contributed by atoms with Crippen LogP contribution in [0.5, 0.6) is 0 Å². The summed E-state index contributed by atoms with van der Waals surface area (Å²) in [6.45, 7) is 1.57. The van der Waals surface area contributed by atoms with Crippen LogP contribution in [0.3, 0.4) is 0 Å². The maximum absolute atomic E-state index is 12.7. The summed E-state index contributed by atoms with van der Waals surface area (Å²) in [6.07, 6.45) is -6.58. The van der Waals surface area contributed by atoms with Gasteiger partial charge in [0.05, 0.1) is 25.6 Å². The van der Waals surface area contributed by atoms with Crippen LogP contribution in [-0.4, -0.2) is 147 Å². The zero-order chi connectivity index (χ0) is 46.6. The molecule has 29 nitrogen and oxygen atoms in total. The van der Waals surface area contributed by atoms with E-state index in [1.54, 1.807) is 0 Å². The van der Waals surface area contributed by atoms with Crippen molar-refractivity contribution in [3.63, 3.8) is 0 Å². The zero-order valence-electron chi connectivity index (χ0n) is 33.2. The van der Waals surface area contributed by atoms with Crippen molar-refractivity contribution in [1.29, 1.82) is 0 Å². The first-order chi connectivity index (χ1) is 28.7. The number of thioether (sulfide) groups is 1. The molecule has 1 saturated heterocycles. The highest BCUT2D eigenvalue weighted by molar-refractivity contribution is 8.13. The van der Waals surface area contributed by atoms with Crippen molar-refractivity contribution in [2.24, 2.45) is 11.1 Å². The predicted molar refractivity (Wildman–Crippen MR) is 212 cm³/mol. The highest BCUT2D eigenvalue weighted by Crippen LogP contribution is 2.61. The quantitative estimate of drug-likeness (QED) is 0.0365. The Morgan fingerprint density at radius 3 is 2.32 bits per heavy atom. The summed E-state index contributed by atoms with van der Waals surface area (Å²) >= 11 is 0.858. The van der Waals surface area contributed by atoms with Gasteiger partial charge in [0.1, 0.15) is 36.3 Å². The third-order valence-corrected chi connectivity index (χ3v) is 12.5. The van der Waals surface area contributed by atoms with Gasteiger partial charge in [-0.05, 0) is 12.8 Å². The van der Waals surface area contributed by atoms with E-state index in [2.05, 4.69) is 45.1 Å². The van der Waals surface area contributed by atoms with Crippen molar-refractivity contribution in [3.8, 4) is 0 Å². The van der Waals surface area contributed by atoms with E-state index in [4.69, 9.17) is 25.3 Å². The monoisotopic (exact) mass is 966 g/mol. The predicted octanol–water partition coefficient (Wildman–Crippen LogP) is -2.38. The lowest BCUT2D eigenvalue weighted by atomic mass is 9.87. The van der Waals surface area contributed by atoms with E-state index in [-0.39, 0.29) is 60.3 Å². The van der Waals surface area contributed by atoms with E-state index in [0.29, 0.717) is 6.42 Å². The Kier molecular flexibility index (Phi) is 19.3. The average Bonchev–Trinajstić information content (AvgIpc) is 3.72. The third kappa shape index (κ3) is 16.8. The second-order valence-corrected chi connectivity index (χ2v) is 19.3. The topological polar surface area (TPSA) is 448 Å². The molecule has 0 saturated carbocycles. The number of carbonyl (C=O) groups excluding carboxylic acids is 5. The first-order valence-corrected chi connectivity index (χ1v) is 23.6. The molecule has 0 radical (unpaired) electrons. The smallest absolute Gasteiger partial charge is 0.386 e. The fourth-order valence-corrected chi connectivity index (χ4v) is 9.01. The Balaban J connectivity index is 1.45. The standard InChI is InChI=1S/C29H49N10O19P3S/c1-15(40)38-16(5-4-7-34-28(31)46)27(45)62-10-9-32-18(41)6-8-33-25(44)22(43)29(2,3)12-55-61(52,53)58-60(50,51)54-11-17-21(57-59(47,48)49)20(42)26(56-17)39-14-37-19-23(30)35-13-36-24(19)39/h13-14,16-17,20-22,26,42-43H,4-12H2,1-3H3,(H,32,41)(H,33,44)(H,38,40)(H,50,51)(H,52,53)(H2,30,35,36)(H3,31,34,46)(H2,47,48,49). The molecule has 1 fully saturated rings. The third-order valence-electron chi connectivity index (χ3n) is 8.38. The molecule has 1 aliphatic rings. The van der Waals surface area contributed by atoms with Crippen LogP contribution in [0.4, 0.5) is 10.6 Å². The SMILES string of the molecule is CC(=O)NC(CCCNC(N)=O)C(=O)SCCNC(=O)CCNC(=O)C(O)C(C)(C)COP(=O)(O)OP(=O)(O)OCC1OC(n2cnc3c(N)ncnc32)C(O)C1OP(=O)(O)O. The van der Waals surface area contributed by atoms with E-state index in [9.17, 15) is 67.5 Å². The number of aliphatic hydroxyl groups is 2. The van der Waals surface area contributed by atoms with Crippen molar-refractivity contribution in [3.05, 3.63) is 12.7 Å². The number of anilines is 1. The fraction of sp³-hybridized carbons (Fsp3) is 0.655. The molecule has 0 aliphatic carbocycles. The molecule has 1 aliphatic heterocycles. The van der Waals surface area contributed by atoms with Gasteiger partial charge < -0.3 is 67.3 Å². The Hall–Kier alpha value is -3.70. The maximum atomic E-state index is 12.7. The van der Waals surface area contributed by atoms with Gasteiger partial charge in [-0.25, -0.2) is 33.4 Å². The molecular weight excluding hydrogens is 917 g/mol. The van der Waals surface area contributed by atoms with E-state index in [1.807, 2.05) is 0 Å². The van der Waals surface area contributed by atoms with Crippen LogP contribution in [-0.2, 0) is 55.5 Å². The minimum atomic E-state index is -5.61.